The maximum absolute atomic E-state index is 12.7. The first-order chi connectivity index (χ1) is 26.1. The lowest BCUT2D eigenvalue weighted by Crippen LogP contribution is -2.55. The van der Waals surface area contributed by atoms with Crippen LogP contribution in [-0.2, 0) is 28.6 Å². The standard InChI is InChI=1S/C46H81NO7/c1-6-8-10-12-14-16-18-20-21-22-23-25-26-28-30-32-34-36-44(48)53-41-42(40-52-39-38-43(46(50)51)47(3,4)5)54-45(49)37-35-33-31-29-27-24-19-17-15-13-11-9-7-2/h9,11,13,15,17,19,24,27,42-43H,6-8,10,12,14,16,18,20-23,25-26,28-41H2,1-5H3/b11-9+,15-13+,19-17+,27-24+. The summed E-state index contributed by atoms with van der Waals surface area (Å²) in [5, 5.41) is 11.6. The molecule has 8 nitrogen and oxygen atoms in total. The molecule has 0 fully saturated rings. The molecule has 0 aliphatic rings. The number of unbranched alkanes of at least 4 members (excludes halogenated alkanes) is 19. The highest BCUT2D eigenvalue weighted by Crippen LogP contribution is 2.15. The van der Waals surface area contributed by atoms with Crippen LogP contribution in [0.15, 0.2) is 48.6 Å². The second kappa shape index (κ2) is 37.2. The lowest BCUT2D eigenvalue weighted by Gasteiger charge is -2.34. The molecule has 2 unspecified atom stereocenters. The van der Waals surface area contributed by atoms with Crippen LogP contribution in [-0.4, -0.2) is 75.5 Å². The van der Waals surface area contributed by atoms with Gasteiger partial charge in [0.05, 0.1) is 40.3 Å². The molecule has 0 aromatic heterocycles. The van der Waals surface area contributed by atoms with Crippen molar-refractivity contribution in [2.75, 3.05) is 41.0 Å². The van der Waals surface area contributed by atoms with Gasteiger partial charge in [0.25, 0.3) is 0 Å². The Morgan fingerprint density at radius 1 is 0.574 bits per heavy atom. The van der Waals surface area contributed by atoms with Crippen LogP contribution >= 0.6 is 0 Å². The monoisotopic (exact) mass is 760 g/mol. The predicted molar refractivity (Wildman–Crippen MR) is 222 cm³/mol. The largest absolute Gasteiger partial charge is 0.544 e. The predicted octanol–water partition coefficient (Wildman–Crippen LogP) is 10.3. The van der Waals surface area contributed by atoms with Gasteiger partial charge in [0.15, 0.2) is 6.10 Å². The van der Waals surface area contributed by atoms with Gasteiger partial charge in [0, 0.05) is 19.3 Å². The van der Waals surface area contributed by atoms with Crippen LogP contribution in [0, 0.1) is 0 Å². The van der Waals surface area contributed by atoms with Crippen LogP contribution in [0.1, 0.15) is 174 Å². The van der Waals surface area contributed by atoms with E-state index < -0.39 is 18.1 Å². The van der Waals surface area contributed by atoms with E-state index in [9.17, 15) is 19.5 Å². The van der Waals surface area contributed by atoms with Crippen molar-refractivity contribution < 1.29 is 38.2 Å². The van der Waals surface area contributed by atoms with Gasteiger partial charge in [-0.15, -0.1) is 0 Å². The molecule has 0 saturated heterocycles. The highest BCUT2D eigenvalue weighted by molar-refractivity contribution is 5.70. The Morgan fingerprint density at radius 2 is 1.04 bits per heavy atom. The zero-order valence-corrected chi connectivity index (χ0v) is 35.4. The topological polar surface area (TPSA) is 102 Å². The fourth-order valence-electron chi connectivity index (χ4n) is 6.20. The van der Waals surface area contributed by atoms with E-state index in [0.717, 1.165) is 44.9 Å². The minimum absolute atomic E-state index is 0.0252. The summed E-state index contributed by atoms with van der Waals surface area (Å²) < 4.78 is 17.1. The number of carboxylic acid groups (broad SMARTS) is 1. The molecule has 0 spiro atoms. The molecule has 312 valence electrons. The van der Waals surface area contributed by atoms with Crippen molar-refractivity contribution in [3.05, 3.63) is 48.6 Å². The normalized spacial score (nSPS) is 13.4. The summed E-state index contributed by atoms with van der Waals surface area (Å²) in [4.78, 5) is 36.8. The van der Waals surface area contributed by atoms with Gasteiger partial charge in [-0.25, -0.2) is 0 Å². The molecule has 0 aliphatic heterocycles. The van der Waals surface area contributed by atoms with E-state index in [1.165, 1.54) is 89.9 Å². The minimum Gasteiger partial charge on any atom is -0.544 e. The van der Waals surface area contributed by atoms with E-state index in [4.69, 9.17) is 14.2 Å². The fourth-order valence-corrected chi connectivity index (χ4v) is 6.20. The van der Waals surface area contributed by atoms with E-state index in [1.807, 2.05) is 36.5 Å². The zero-order valence-electron chi connectivity index (χ0n) is 35.4. The minimum atomic E-state index is -1.13. The summed E-state index contributed by atoms with van der Waals surface area (Å²) in [6.07, 6.45) is 42.8. The number of nitrogens with zero attached hydrogens (tertiary/aromatic N) is 1. The van der Waals surface area contributed by atoms with Crippen molar-refractivity contribution >= 4 is 17.9 Å². The molecule has 2 atom stereocenters. The number of carbonyl (C=O) groups excluding carboxylic acids is 3. The van der Waals surface area contributed by atoms with Gasteiger partial charge < -0.3 is 28.6 Å². The SMILES string of the molecule is CC/C=C/C=C/C=C/C=C/CCCCCC(=O)OC(COCCC(C(=O)[O-])[N+](C)(C)C)COC(=O)CCCCCCCCCCCCCCCCCCC. The van der Waals surface area contributed by atoms with Gasteiger partial charge in [0.2, 0.25) is 0 Å². The van der Waals surface area contributed by atoms with E-state index in [2.05, 4.69) is 26.0 Å². The second-order valence-corrected chi connectivity index (χ2v) is 15.7. The first-order valence-corrected chi connectivity index (χ1v) is 21.7. The molecule has 0 heterocycles. The first kappa shape index (κ1) is 51.3. The highest BCUT2D eigenvalue weighted by atomic mass is 16.6. The maximum Gasteiger partial charge on any atom is 0.306 e. The summed E-state index contributed by atoms with van der Waals surface area (Å²) in [5.74, 6) is -1.78. The Hall–Kier alpha value is -2.71. The van der Waals surface area contributed by atoms with Gasteiger partial charge in [0.1, 0.15) is 12.6 Å². The number of quaternary nitrogens is 1. The second-order valence-electron chi connectivity index (χ2n) is 15.7. The third-order valence-electron chi connectivity index (χ3n) is 9.57. The number of allylic oxidation sites excluding steroid dienone is 8. The van der Waals surface area contributed by atoms with Crippen LogP contribution in [0.4, 0.5) is 0 Å². The molecular weight excluding hydrogens is 679 g/mol. The number of likely N-dealkylation sites (N-methyl/N-ethyl adjacent to an activating group) is 1. The molecule has 0 saturated carbocycles. The lowest BCUT2D eigenvalue weighted by molar-refractivity contribution is -0.889. The van der Waals surface area contributed by atoms with Gasteiger partial charge >= 0.3 is 11.9 Å². The number of hydrogen-bond acceptors (Lipinski definition) is 7. The smallest absolute Gasteiger partial charge is 0.306 e. The Kier molecular flexibility index (Phi) is 35.4. The van der Waals surface area contributed by atoms with Crippen molar-refractivity contribution in [2.24, 2.45) is 0 Å². The maximum atomic E-state index is 12.7. The fraction of sp³-hybridized carbons (Fsp3) is 0.761. The first-order valence-electron chi connectivity index (χ1n) is 21.7. The number of rotatable bonds is 38. The van der Waals surface area contributed by atoms with Crippen molar-refractivity contribution in [3.8, 4) is 0 Å². The highest BCUT2D eigenvalue weighted by Gasteiger charge is 2.25. The number of esters is 2. The quantitative estimate of drug-likeness (QED) is 0.0267. The van der Waals surface area contributed by atoms with E-state index in [1.54, 1.807) is 21.1 Å². The van der Waals surface area contributed by atoms with Gasteiger partial charge in [-0.1, -0.05) is 172 Å². The van der Waals surface area contributed by atoms with Crippen molar-refractivity contribution in [3.63, 3.8) is 0 Å². The summed E-state index contributed by atoms with van der Waals surface area (Å²) in [5.41, 5.74) is 0. The Labute approximate surface area is 331 Å². The molecule has 0 radical (unpaired) electrons. The van der Waals surface area contributed by atoms with Crippen LogP contribution in [0.2, 0.25) is 0 Å². The Morgan fingerprint density at radius 3 is 1.54 bits per heavy atom. The van der Waals surface area contributed by atoms with E-state index in [0.29, 0.717) is 12.8 Å². The number of carbonyl (C=O) groups is 3. The van der Waals surface area contributed by atoms with Crippen LogP contribution < -0.4 is 5.11 Å². The van der Waals surface area contributed by atoms with E-state index in [-0.39, 0.29) is 49.1 Å². The number of hydrogen-bond donors (Lipinski definition) is 0. The molecular formula is C46H81NO7. The summed E-state index contributed by atoms with van der Waals surface area (Å²) in [6, 6.07) is -0.732. The molecule has 0 amide bonds. The third kappa shape index (κ3) is 35.0. The molecule has 0 rings (SSSR count). The van der Waals surface area contributed by atoms with Crippen molar-refractivity contribution in [2.45, 2.75) is 187 Å². The molecule has 0 aromatic rings. The van der Waals surface area contributed by atoms with E-state index >= 15 is 0 Å². The summed E-state index contributed by atoms with van der Waals surface area (Å²) in [7, 11) is 5.39. The average molecular weight is 760 g/mol. The van der Waals surface area contributed by atoms with Crippen LogP contribution in [0.3, 0.4) is 0 Å². The molecule has 54 heavy (non-hydrogen) atoms. The molecule has 0 aromatic carbocycles. The summed E-state index contributed by atoms with van der Waals surface area (Å²) in [6.45, 7) is 4.48. The summed E-state index contributed by atoms with van der Waals surface area (Å²) >= 11 is 0. The lowest BCUT2D eigenvalue weighted by atomic mass is 10.0. The molecule has 0 bridgehead atoms. The van der Waals surface area contributed by atoms with Gasteiger partial charge in [-0.05, 0) is 32.1 Å². The van der Waals surface area contributed by atoms with Crippen LogP contribution in [0.25, 0.3) is 0 Å². The van der Waals surface area contributed by atoms with Crippen molar-refractivity contribution in [1.29, 1.82) is 0 Å². The Balaban J connectivity index is 4.36. The molecule has 0 aliphatic carbocycles. The van der Waals surface area contributed by atoms with Crippen LogP contribution in [0.5, 0.6) is 0 Å². The Bertz CT molecular complexity index is 1030. The number of aliphatic carboxylic acids is 1. The van der Waals surface area contributed by atoms with Gasteiger partial charge in [-0.2, -0.15) is 0 Å². The molecule has 8 heteroatoms. The van der Waals surface area contributed by atoms with Crippen molar-refractivity contribution in [1.82, 2.24) is 0 Å². The average Bonchev–Trinajstić information content (AvgIpc) is 3.12. The van der Waals surface area contributed by atoms with Gasteiger partial charge in [-0.3, -0.25) is 9.59 Å². The zero-order chi connectivity index (χ0) is 40.0. The number of ether oxygens (including phenoxy) is 3. The third-order valence-corrected chi connectivity index (χ3v) is 9.57. The number of carboxylic acids is 1. The molecule has 0 N–H and O–H groups in total.